The molecule has 2 N–H and O–H groups in total. The van der Waals surface area contributed by atoms with Crippen molar-refractivity contribution in [2.24, 2.45) is 0 Å². The summed E-state index contributed by atoms with van der Waals surface area (Å²) in [5, 5.41) is 12.1. The third-order valence-corrected chi connectivity index (χ3v) is 3.02. The molecule has 4 nitrogen and oxygen atoms in total. The van der Waals surface area contributed by atoms with Crippen LogP contribution in [0.1, 0.15) is 12.0 Å². The van der Waals surface area contributed by atoms with Crippen LogP contribution in [0.25, 0.3) is 0 Å². The number of hydrogen-bond donors (Lipinski definition) is 2. The zero-order valence-electron chi connectivity index (χ0n) is 10.6. The molecule has 0 spiro atoms. The lowest BCUT2D eigenvalue weighted by molar-refractivity contribution is 0.198. The van der Waals surface area contributed by atoms with Gasteiger partial charge in [0.2, 0.25) is 0 Å². The number of aliphatic hydroxyl groups excluding tert-OH is 1. The van der Waals surface area contributed by atoms with Gasteiger partial charge in [0.25, 0.3) is 0 Å². The zero-order chi connectivity index (χ0) is 13.2. The van der Waals surface area contributed by atoms with E-state index in [2.05, 4.69) is 21.2 Å². The van der Waals surface area contributed by atoms with Crippen LogP contribution in [0.5, 0.6) is 5.75 Å². The lowest BCUT2D eigenvalue weighted by Gasteiger charge is -2.13. The highest BCUT2D eigenvalue weighted by atomic mass is 79.9. The number of methoxy groups -OCH3 is 1. The number of rotatable bonds is 9. The number of hydrogen-bond acceptors (Lipinski definition) is 4. The van der Waals surface area contributed by atoms with E-state index in [4.69, 9.17) is 14.6 Å². The minimum absolute atomic E-state index is 0.145. The van der Waals surface area contributed by atoms with E-state index in [0.717, 1.165) is 28.9 Å². The third kappa shape index (κ3) is 5.35. The molecule has 0 aromatic heterocycles. The molecule has 0 radical (unpaired) electrons. The predicted molar refractivity (Wildman–Crippen MR) is 74.9 cm³/mol. The molecule has 0 bridgehead atoms. The normalized spacial score (nSPS) is 10.6. The van der Waals surface area contributed by atoms with Gasteiger partial charge >= 0.3 is 0 Å². The maximum atomic E-state index is 8.77. The molecule has 1 aromatic rings. The van der Waals surface area contributed by atoms with Crippen LogP contribution in [0.15, 0.2) is 22.7 Å². The molecule has 0 aliphatic rings. The molecule has 18 heavy (non-hydrogen) atoms. The van der Waals surface area contributed by atoms with Gasteiger partial charge in [-0.25, -0.2) is 0 Å². The van der Waals surface area contributed by atoms with Gasteiger partial charge in [-0.1, -0.05) is 12.1 Å². The van der Waals surface area contributed by atoms with E-state index in [-0.39, 0.29) is 6.61 Å². The van der Waals surface area contributed by atoms with E-state index in [1.165, 1.54) is 0 Å². The zero-order valence-corrected chi connectivity index (χ0v) is 12.2. The van der Waals surface area contributed by atoms with E-state index < -0.39 is 0 Å². The summed E-state index contributed by atoms with van der Waals surface area (Å²) in [4.78, 5) is 0. The van der Waals surface area contributed by atoms with Crippen molar-refractivity contribution in [3.63, 3.8) is 0 Å². The fourth-order valence-corrected chi connectivity index (χ4v) is 2.01. The molecule has 0 heterocycles. The summed E-state index contributed by atoms with van der Waals surface area (Å²) in [7, 11) is 1.68. The van der Waals surface area contributed by atoms with Crippen molar-refractivity contribution in [3.8, 4) is 5.75 Å². The number of halogens is 1. The molecule has 1 aromatic carbocycles. The minimum Gasteiger partial charge on any atom is -0.492 e. The van der Waals surface area contributed by atoms with Gasteiger partial charge < -0.3 is 19.9 Å². The molecule has 0 amide bonds. The van der Waals surface area contributed by atoms with Gasteiger partial charge in [-0.3, -0.25) is 0 Å². The average Bonchev–Trinajstić information content (AvgIpc) is 2.37. The van der Waals surface area contributed by atoms with Crippen LogP contribution in [-0.2, 0) is 11.3 Å². The van der Waals surface area contributed by atoms with E-state index in [9.17, 15) is 0 Å². The van der Waals surface area contributed by atoms with E-state index >= 15 is 0 Å². The van der Waals surface area contributed by atoms with Gasteiger partial charge in [0.1, 0.15) is 5.75 Å². The Morgan fingerprint density at radius 2 is 2.17 bits per heavy atom. The second-order valence-electron chi connectivity index (χ2n) is 3.82. The van der Waals surface area contributed by atoms with Crippen LogP contribution in [0, 0.1) is 0 Å². The second kappa shape index (κ2) is 9.33. The summed E-state index contributed by atoms with van der Waals surface area (Å²) in [6, 6.07) is 5.96. The number of benzene rings is 1. The fraction of sp³-hybridized carbons (Fsp3) is 0.538. The Bertz CT molecular complexity index is 347. The van der Waals surface area contributed by atoms with Crippen molar-refractivity contribution in [2.45, 2.75) is 13.0 Å². The molecule has 5 heteroatoms. The number of para-hydroxylation sites is 1. The summed E-state index contributed by atoms with van der Waals surface area (Å²) < 4.78 is 11.6. The molecule has 1 rings (SSSR count). The highest BCUT2D eigenvalue weighted by Gasteiger charge is 2.07. The molecule has 0 aliphatic carbocycles. The van der Waals surface area contributed by atoms with Crippen molar-refractivity contribution in [1.29, 1.82) is 0 Å². The maximum Gasteiger partial charge on any atom is 0.137 e. The molecule has 0 atom stereocenters. The quantitative estimate of drug-likeness (QED) is 0.683. The average molecular weight is 318 g/mol. The van der Waals surface area contributed by atoms with Crippen molar-refractivity contribution < 1.29 is 14.6 Å². The summed E-state index contributed by atoms with van der Waals surface area (Å²) in [6.45, 7) is 2.89. The summed E-state index contributed by atoms with van der Waals surface area (Å²) in [6.07, 6.45) is 0.637. The monoisotopic (exact) mass is 317 g/mol. The molecule has 0 saturated carbocycles. The molecular formula is C13H20BrNO3. The van der Waals surface area contributed by atoms with Crippen LogP contribution >= 0.6 is 15.9 Å². The van der Waals surface area contributed by atoms with Gasteiger partial charge in [0, 0.05) is 38.8 Å². The molecule has 0 fully saturated rings. The van der Waals surface area contributed by atoms with Crippen molar-refractivity contribution in [3.05, 3.63) is 28.2 Å². The van der Waals surface area contributed by atoms with Crippen molar-refractivity contribution in [1.82, 2.24) is 5.32 Å². The largest absolute Gasteiger partial charge is 0.492 e. The highest BCUT2D eigenvalue weighted by Crippen LogP contribution is 2.29. The van der Waals surface area contributed by atoms with E-state index in [0.29, 0.717) is 19.6 Å². The Kier molecular flexibility index (Phi) is 8.00. The van der Waals surface area contributed by atoms with E-state index in [1.54, 1.807) is 7.11 Å². The summed E-state index contributed by atoms with van der Waals surface area (Å²) in [5.74, 6) is 0.843. The smallest absolute Gasteiger partial charge is 0.137 e. The van der Waals surface area contributed by atoms with Crippen molar-refractivity contribution >= 4 is 15.9 Å². The standard InChI is InChI=1S/C13H20BrNO3/c1-17-9-6-15-10-11-4-2-5-12(14)13(11)18-8-3-7-16/h2,4-5,15-16H,3,6-10H2,1H3. The summed E-state index contributed by atoms with van der Waals surface area (Å²) >= 11 is 3.48. The molecule has 0 saturated heterocycles. The SMILES string of the molecule is COCCNCc1cccc(Br)c1OCCCO. The predicted octanol–water partition coefficient (Wildman–Crippen LogP) is 1.95. The Labute approximate surface area is 116 Å². The highest BCUT2D eigenvalue weighted by molar-refractivity contribution is 9.10. The summed E-state index contributed by atoms with van der Waals surface area (Å²) in [5.41, 5.74) is 1.10. The lowest BCUT2D eigenvalue weighted by atomic mass is 10.2. The van der Waals surface area contributed by atoms with E-state index in [1.807, 2.05) is 18.2 Å². The van der Waals surface area contributed by atoms with Crippen LogP contribution in [0.3, 0.4) is 0 Å². The lowest BCUT2D eigenvalue weighted by Crippen LogP contribution is -2.19. The van der Waals surface area contributed by atoms with Crippen LogP contribution < -0.4 is 10.1 Å². The molecule has 0 unspecified atom stereocenters. The first-order valence-corrected chi connectivity index (χ1v) is 6.79. The minimum atomic E-state index is 0.145. The first kappa shape index (κ1) is 15.4. The first-order chi connectivity index (χ1) is 8.79. The fourth-order valence-electron chi connectivity index (χ4n) is 1.49. The van der Waals surface area contributed by atoms with Gasteiger partial charge in [-0.2, -0.15) is 0 Å². The third-order valence-electron chi connectivity index (χ3n) is 2.40. The first-order valence-electron chi connectivity index (χ1n) is 6.00. The molecule has 102 valence electrons. The molecular weight excluding hydrogens is 298 g/mol. The number of aliphatic hydroxyl groups is 1. The topological polar surface area (TPSA) is 50.7 Å². The maximum absolute atomic E-state index is 8.77. The van der Waals surface area contributed by atoms with Crippen LogP contribution in [0.4, 0.5) is 0 Å². The molecule has 0 aliphatic heterocycles. The Morgan fingerprint density at radius 1 is 1.33 bits per heavy atom. The number of ether oxygens (including phenoxy) is 2. The van der Waals surface area contributed by atoms with Crippen LogP contribution in [-0.4, -0.2) is 38.6 Å². The van der Waals surface area contributed by atoms with Gasteiger partial charge in [-0.05, 0) is 22.0 Å². The Balaban J connectivity index is 2.56. The van der Waals surface area contributed by atoms with Crippen molar-refractivity contribution in [2.75, 3.05) is 33.5 Å². The van der Waals surface area contributed by atoms with Gasteiger partial charge in [0.15, 0.2) is 0 Å². The van der Waals surface area contributed by atoms with Crippen LogP contribution in [0.2, 0.25) is 0 Å². The number of nitrogens with one attached hydrogen (secondary N) is 1. The second-order valence-corrected chi connectivity index (χ2v) is 4.68. The Morgan fingerprint density at radius 3 is 2.89 bits per heavy atom. The Hall–Kier alpha value is -0.620. The van der Waals surface area contributed by atoms with Gasteiger partial charge in [-0.15, -0.1) is 0 Å². The van der Waals surface area contributed by atoms with Gasteiger partial charge in [0.05, 0.1) is 17.7 Å².